The van der Waals surface area contributed by atoms with Crippen LogP contribution < -0.4 is 5.32 Å². The zero-order chi connectivity index (χ0) is 17.9. The number of anilines is 1. The molecule has 126 valence electrons. The molecule has 0 aliphatic rings. The predicted octanol–water partition coefficient (Wildman–Crippen LogP) is 2.75. The number of carbonyl (C=O) groups is 1. The summed E-state index contributed by atoms with van der Waals surface area (Å²) in [5.41, 5.74) is -2.33. The van der Waals surface area contributed by atoms with Gasteiger partial charge in [0.2, 0.25) is 0 Å². The smallest absolute Gasteiger partial charge is 0.392 e. The van der Waals surface area contributed by atoms with Crippen LogP contribution in [0.1, 0.15) is 21.5 Å². The van der Waals surface area contributed by atoms with E-state index >= 15 is 0 Å². The summed E-state index contributed by atoms with van der Waals surface area (Å²) in [5, 5.41) is 22.2. The van der Waals surface area contributed by atoms with E-state index in [0.29, 0.717) is 17.7 Å². The SMILES string of the molecule is O=C(Nc1cnccc1CO)c1cc([N+](=O)[O-])cc(C(F)(F)F)c1. The summed E-state index contributed by atoms with van der Waals surface area (Å²) in [6, 6.07) is 3.00. The Hall–Kier alpha value is -3.01. The molecular formula is C14H10F3N3O4. The number of hydrogen-bond acceptors (Lipinski definition) is 5. The fourth-order valence-corrected chi connectivity index (χ4v) is 1.88. The van der Waals surface area contributed by atoms with Gasteiger partial charge in [-0.25, -0.2) is 0 Å². The molecule has 2 N–H and O–H groups in total. The Bertz CT molecular complexity index is 793. The number of hydrogen-bond donors (Lipinski definition) is 2. The molecule has 1 aromatic heterocycles. The van der Waals surface area contributed by atoms with Crippen molar-refractivity contribution in [3.05, 3.63) is 63.5 Å². The molecule has 1 aromatic carbocycles. The second-order valence-electron chi connectivity index (χ2n) is 4.67. The molecule has 0 saturated carbocycles. The van der Waals surface area contributed by atoms with E-state index in [1.165, 1.54) is 18.5 Å². The number of nitro benzene ring substituents is 1. The van der Waals surface area contributed by atoms with Crippen LogP contribution in [0.2, 0.25) is 0 Å². The Morgan fingerprint density at radius 1 is 1.33 bits per heavy atom. The van der Waals surface area contributed by atoms with Gasteiger partial charge in [0.25, 0.3) is 11.6 Å². The number of nitro groups is 1. The van der Waals surface area contributed by atoms with Gasteiger partial charge < -0.3 is 10.4 Å². The van der Waals surface area contributed by atoms with Crippen LogP contribution in [0.3, 0.4) is 0 Å². The van der Waals surface area contributed by atoms with Crippen LogP contribution in [0.5, 0.6) is 0 Å². The first-order valence-corrected chi connectivity index (χ1v) is 6.44. The van der Waals surface area contributed by atoms with Gasteiger partial charge in [-0.1, -0.05) is 0 Å². The number of amides is 1. The number of aliphatic hydroxyl groups is 1. The summed E-state index contributed by atoms with van der Waals surface area (Å²) in [4.78, 5) is 25.6. The van der Waals surface area contributed by atoms with Gasteiger partial charge in [-0.2, -0.15) is 13.2 Å². The van der Waals surface area contributed by atoms with Gasteiger partial charge in [0.05, 0.1) is 29.0 Å². The van der Waals surface area contributed by atoms with E-state index in [1.54, 1.807) is 0 Å². The van der Waals surface area contributed by atoms with Crippen molar-refractivity contribution < 1.29 is 28.0 Å². The molecule has 7 nitrogen and oxygen atoms in total. The molecule has 1 amide bonds. The third-order valence-corrected chi connectivity index (χ3v) is 3.05. The van der Waals surface area contributed by atoms with Crippen molar-refractivity contribution in [3.63, 3.8) is 0 Å². The number of nitrogens with one attached hydrogen (secondary N) is 1. The van der Waals surface area contributed by atoms with E-state index in [4.69, 9.17) is 5.11 Å². The van der Waals surface area contributed by atoms with Crippen LogP contribution in [-0.2, 0) is 12.8 Å². The number of alkyl halides is 3. The van der Waals surface area contributed by atoms with Crippen LogP contribution in [0.15, 0.2) is 36.7 Å². The summed E-state index contributed by atoms with van der Waals surface area (Å²) >= 11 is 0. The van der Waals surface area contributed by atoms with Gasteiger partial charge in [0.15, 0.2) is 0 Å². The second kappa shape index (κ2) is 6.62. The Labute approximate surface area is 132 Å². The molecule has 0 radical (unpaired) electrons. The van der Waals surface area contributed by atoms with Gasteiger partial charge >= 0.3 is 6.18 Å². The quantitative estimate of drug-likeness (QED) is 0.657. The number of benzene rings is 1. The highest BCUT2D eigenvalue weighted by Crippen LogP contribution is 2.32. The fraction of sp³-hybridized carbons (Fsp3) is 0.143. The van der Waals surface area contributed by atoms with Crippen molar-refractivity contribution in [1.29, 1.82) is 0 Å². The van der Waals surface area contributed by atoms with Crippen molar-refractivity contribution >= 4 is 17.3 Å². The molecule has 0 unspecified atom stereocenters. The van der Waals surface area contributed by atoms with E-state index in [-0.39, 0.29) is 5.69 Å². The van der Waals surface area contributed by atoms with E-state index in [2.05, 4.69) is 10.3 Å². The second-order valence-corrected chi connectivity index (χ2v) is 4.67. The predicted molar refractivity (Wildman–Crippen MR) is 76.2 cm³/mol. The van der Waals surface area contributed by atoms with E-state index < -0.39 is 40.4 Å². The highest BCUT2D eigenvalue weighted by atomic mass is 19.4. The number of halogens is 3. The molecule has 0 saturated heterocycles. The van der Waals surface area contributed by atoms with Crippen molar-refractivity contribution in [3.8, 4) is 0 Å². The van der Waals surface area contributed by atoms with Crippen molar-refractivity contribution in [2.24, 2.45) is 0 Å². The monoisotopic (exact) mass is 341 g/mol. The van der Waals surface area contributed by atoms with Crippen LogP contribution in [0.25, 0.3) is 0 Å². The van der Waals surface area contributed by atoms with E-state index in [0.717, 1.165) is 6.07 Å². The van der Waals surface area contributed by atoms with Crippen molar-refractivity contribution in [2.75, 3.05) is 5.32 Å². The summed E-state index contributed by atoms with van der Waals surface area (Å²) < 4.78 is 38.5. The third kappa shape index (κ3) is 3.84. The lowest BCUT2D eigenvalue weighted by atomic mass is 10.1. The first-order valence-electron chi connectivity index (χ1n) is 6.44. The normalized spacial score (nSPS) is 11.2. The number of aromatic nitrogens is 1. The molecule has 0 atom stereocenters. The topological polar surface area (TPSA) is 105 Å². The molecule has 0 fully saturated rings. The van der Waals surface area contributed by atoms with Crippen LogP contribution in [-0.4, -0.2) is 20.9 Å². The van der Waals surface area contributed by atoms with Crippen LogP contribution in [0.4, 0.5) is 24.5 Å². The molecular weight excluding hydrogens is 331 g/mol. The van der Waals surface area contributed by atoms with Crippen molar-refractivity contribution in [1.82, 2.24) is 4.98 Å². The molecule has 1 heterocycles. The number of non-ortho nitro benzene ring substituents is 1. The average molecular weight is 341 g/mol. The molecule has 10 heteroatoms. The molecule has 0 bridgehead atoms. The minimum Gasteiger partial charge on any atom is -0.392 e. The number of carbonyl (C=O) groups excluding carboxylic acids is 1. The van der Waals surface area contributed by atoms with Gasteiger partial charge in [-0.15, -0.1) is 0 Å². The highest BCUT2D eigenvalue weighted by Gasteiger charge is 2.33. The molecule has 0 aliphatic heterocycles. The van der Waals surface area contributed by atoms with Crippen LogP contribution >= 0.6 is 0 Å². The molecule has 24 heavy (non-hydrogen) atoms. The van der Waals surface area contributed by atoms with Gasteiger partial charge in [0.1, 0.15) is 0 Å². The lowest BCUT2D eigenvalue weighted by Crippen LogP contribution is -2.16. The van der Waals surface area contributed by atoms with Crippen LogP contribution in [0, 0.1) is 10.1 Å². The first kappa shape index (κ1) is 17.3. The molecule has 2 aromatic rings. The van der Waals surface area contributed by atoms with Gasteiger partial charge in [-0.3, -0.25) is 19.9 Å². The molecule has 0 spiro atoms. The number of pyridine rings is 1. The van der Waals surface area contributed by atoms with Crippen molar-refractivity contribution in [2.45, 2.75) is 12.8 Å². The maximum atomic E-state index is 12.8. The maximum Gasteiger partial charge on any atom is 0.416 e. The average Bonchev–Trinajstić information content (AvgIpc) is 2.54. The Morgan fingerprint density at radius 2 is 2.04 bits per heavy atom. The minimum absolute atomic E-state index is 0.0880. The zero-order valence-electron chi connectivity index (χ0n) is 11.9. The zero-order valence-corrected chi connectivity index (χ0v) is 11.9. The fourth-order valence-electron chi connectivity index (χ4n) is 1.88. The van der Waals surface area contributed by atoms with Gasteiger partial charge in [-0.05, 0) is 12.1 Å². The maximum absolute atomic E-state index is 12.8. The number of aliphatic hydroxyl groups excluding tert-OH is 1. The van der Waals surface area contributed by atoms with E-state index in [1.807, 2.05) is 0 Å². The molecule has 0 aliphatic carbocycles. The third-order valence-electron chi connectivity index (χ3n) is 3.05. The largest absolute Gasteiger partial charge is 0.416 e. The summed E-state index contributed by atoms with van der Waals surface area (Å²) in [6.07, 6.45) is -2.28. The summed E-state index contributed by atoms with van der Waals surface area (Å²) in [5.74, 6) is -0.994. The standard InChI is InChI=1S/C14H10F3N3O4/c15-14(16,17)10-3-9(4-11(5-10)20(23)24)13(22)19-12-6-18-2-1-8(12)7-21/h1-6,21H,7H2,(H,19,22). The number of rotatable bonds is 4. The lowest BCUT2D eigenvalue weighted by Gasteiger charge is -2.11. The highest BCUT2D eigenvalue weighted by molar-refractivity contribution is 6.05. The molecule has 2 rings (SSSR count). The summed E-state index contributed by atoms with van der Waals surface area (Å²) in [7, 11) is 0. The number of nitrogens with zero attached hydrogens (tertiary/aromatic N) is 2. The lowest BCUT2D eigenvalue weighted by molar-refractivity contribution is -0.385. The first-order chi connectivity index (χ1) is 11.2. The summed E-state index contributed by atoms with van der Waals surface area (Å²) in [6.45, 7) is -0.430. The Morgan fingerprint density at radius 3 is 2.62 bits per heavy atom. The Balaban J connectivity index is 2.41. The van der Waals surface area contributed by atoms with E-state index in [9.17, 15) is 28.1 Å². The minimum atomic E-state index is -4.84. The Kier molecular flexibility index (Phi) is 4.79. The van der Waals surface area contributed by atoms with Gasteiger partial charge in [0, 0.05) is 29.5 Å².